The first-order valence-corrected chi connectivity index (χ1v) is 9.41. The zero-order valence-electron chi connectivity index (χ0n) is 16.3. The summed E-state index contributed by atoms with van der Waals surface area (Å²) in [5, 5.41) is 4.16. The number of carbonyl (C=O) groups is 1. The van der Waals surface area contributed by atoms with Crippen LogP contribution in [0.3, 0.4) is 0 Å². The standard InChI is InChI=1S/C21H19F3N4O2/c1-13-11-18(29)19(20(30)27-10-9-26-8-4-7-17(26)14(27)2)25-28(13)16-6-3-5-15(12-16)21(22,23)24/h3-8,11-12,14H,9-10H2,1-2H3. The van der Waals surface area contributed by atoms with Crippen LogP contribution < -0.4 is 5.43 Å². The van der Waals surface area contributed by atoms with Gasteiger partial charge in [0.1, 0.15) is 0 Å². The van der Waals surface area contributed by atoms with Crippen molar-refractivity contribution in [2.45, 2.75) is 32.6 Å². The van der Waals surface area contributed by atoms with Gasteiger partial charge in [-0.05, 0) is 44.2 Å². The highest BCUT2D eigenvalue weighted by atomic mass is 19.4. The van der Waals surface area contributed by atoms with Gasteiger partial charge in [0.25, 0.3) is 5.91 Å². The van der Waals surface area contributed by atoms with E-state index >= 15 is 0 Å². The Labute approximate surface area is 170 Å². The quantitative estimate of drug-likeness (QED) is 0.642. The summed E-state index contributed by atoms with van der Waals surface area (Å²) in [5.41, 5.74) is -0.315. The van der Waals surface area contributed by atoms with Crippen LogP contribution in [0.5, 0.6) is 0 Å². The van der Waals surface area contributed by atoms with Crippen LogP contribution >= 0.6 is 0 Å². The molecule has 1 atom stereocenters. The van der Waals surface area contributed by atoms with Gasteiger partial charge in [-0.3, -0.25) is 9.59 Å². The van der Waals surface area contributed by atoms with Gasteiger partial charge < -0.3 is 9.47 Å². The van der Waals surface area contributed by atoms with Gasteiger partial charge in [0.2, 0.25) is 5.43 Å². The van der Waals surface area contributed by atoms with Crippen molar-refractivity contribution < 1.29 is 18.0 Å². The maximum Gasteiger partial charge on any atom is 0.416 e. The van der Waals surface area contributed by atoms with Crippen LogP contribution in [0.2, 0.25) is 0 Å². The molecule has 0 bridgehead atoms. The number of aryl methyl sites for hydroxylation is 1. The number of benzene rings is 1. The second-order valence-corrected chi connectivity index (χ2v) is 7.26. The molecule has 0 spiro atoms. The van der Waals surface area contributed by atoms with E-state index in [9.17, 15) is 22.8 Å². The lowest BCUT2D eigenvalue weighted by atomic mass is 10.1. The molecule has 1 aliphatic heterocycles. The monoisotopic (exact) mass is 416 g/mol. The van der Waals surface area contributed by atoms with Crippen molar-refractivity contribution in [3.8, 4) is 5.69 Å². The van der Waals surface area contributed by atoms with Crippen molar-refractivity contribution in [2.24, 2.45) is 0 Å². The lowest BCUT2D eigenvalue weighted by molar-refractivity contribution is -0.137. The number of hydrogen-bond donors (Lipinski definition) is 0. The number of alkyl halides is 3. The van der Waals surface area contributed by atoms with Crippen LogP contribution in [0.1, 0.15) is 40.4 Å². The van der Waals surface area contributed by atoms with E-state index in [-0.39, 0.29) is 17.4 Å². The lowest BCUT2D eigenvalue weighted by Gasteiger charge is -2.34. The summed E-state index contributed by atoms with van der Waals surface area (Å²) in [7, 11) is 0. The highest BCUT2D eigenvalue weighted by Crippen LogP contribution is 2.30. The van der Waals surface area contributed by atoms with E-state index in [1.807, 2.05) is 29.8 Å². The van der Waals surface area contributed by atoms with Gasteiger partial charge in [-0.15, -0.1) is 0 Å². The van der Waals surface area contributed by atoms with Crippen LogP contribution in [-0.2, 0) is 12.7 Å². The van der Waals surface area contributed by atoms with E-state index in [2.05, 4.69) is 5.10 Å². The molecular weight excluding hydrogens is 397 g/mol. The fourth-order valence-corrected chi connectivity index (χ4v) is 3.76. The zero-order valence-corrected chi connectivity index (χ0v) is 16.3. The molecule has 0 radical (unpaired) electrons. The van der Waals surface area contributed by atoms with E-state index in [1.54, 1.807) is 11.8 Å². The molecule has 1 amide bonds. The van der Waals surface area contributed by atoms with Gasteiger partial charge >= 0.3 is 6.18 Å². The highest BCUT2D eigenvalue weighted by Gasteiger charge is 2.32. The van der Waals surface area contributed by atoms with Gasteiger partial charge in [0, 0.05) is 36.7 Å². The number of nitrogens with zero attached hydrogens (tertiary/aromatic N) is 4. The second kappa shape index (κ2) is 7.16. The highest BCUT2D eigenvalue weighted by molar-refractivity contribution is 5.92. The first-order valence-electron chi connectivity index (χ1n) is 9.41. The third-order valence-electron chi connectivity index (χ3n) is 5.33. The summed E-state index contributed by atoms with van der Waals surface area (Å²) >= 11 is 0. The molecule has 2 aromatic heterocycles. The summed E-state index contributed by atoms with van der Waals surface area (Å²) < 4.78 is 42.5. The van der Waals surface area contributed by atoms with Crippen LogP contribution in [0.25, 0.3) is 5.69 Å². The summed E-state index contributed by atoms with van der Waals surface area (Å²) in [4.78, 5) is 27.2. The smallest absolute Gasteiger partial charge is 0.348 e. The predicted octanol–water partition coefficient (Wildman–Crippen LogP) is 3.58. The minimum Gasteiger partial charge on any atom is -0.348 e. The summed E-state index contributed by atoms with van der Waals surface area (Å²) in [5.74, 6) is -0.541. The molecule has 156 valence electrons. The Kier molecular flexibility index (Phi) is 4.76. The number of halogens is 3. The largest absolute Gasteiger partial charge is 0.416 e. The van der Waals surface area contributed by atoms with Gasteiger partial charge in [-0.2, -0.15) is 18.3 Å². The molecule has 0 fully saturated rings. The van der Waals surface area contributed by atoms with E-state index in [4.69, 9.17) is 0 Å². The first-order chi connectivity index (χ1) is 14.2. The summed E-state index contributed by atoms with van der Waals surface area (Å²) in [6.45, 7) is 4.41. The number of hydrogen-bond acceptors (Lipinski definition) is 3. The van der Waals surface area contributed by atoms with Crippen molar-refractivity contribution in [3.63, 3.8) is 0 Å². The van der Waals surface area contributed by atoms with Crippen LogP contribution in [0, 0.1) is 6.92 Å². The fourth-order valence-electron chi connectivity index (χ4n) is 3.76. The molecule has 3 heterocycles. The Balaban J connectivity index is 1.74. The van der Waals surface area contributed by atoms with Crippen LogP contribution in [0.4, 0.5) is 13.2 Å². The summed E-state index contributed by atoms with van der Waals surface area (Å²) in [6, 6.07) is 9.37. The molecule has 0 N–H and O–H groups in total. The molecule has 4 rings (SSSR count). The molecule has 1 unspecified atom stereocenters. The molecule has 9 heteroatoms. The van der Waals surface area contributed by atoms with Gasteiger partial charge in [0.05, 0.1) is 17.3 Å². The Hall–Kier alpha value is -3.36. The maximum atomic E-state index is 13.1. The van der Waals surface area contributed by atoms with Crippen molar-refractivity contribution in [2.75, 3.05) is 6.54 Å². The fraction of sp³-hybridized carbons (Fsp3) is 0.286. The number of amides is 1. The summed E-state index contributed by atoms with van der Waals surface area (Å²) in [6.07, 6.45) is -2.59. The molecule has 3 aromatic rings. The Bertz CT molecular complexity index is 1180. The average Bonchev–Trinajstić information content (AvgIpc) is 3.17. The Morgan fingerprint density at radius 1 is 1.13 bits per heavy atom. The van der Waals surface area contributed by atoms with Crippen molar-refractivity contribution >= 4 is 5.91 Å². The molecule has 0 aliphatic carbocycles. The Morgan fingerprint density at radius 3 is 2.63 bits per heavy atom. The predicted molar refractivity (Wildman–Crippen MR) is 103 cm³/mol. The van der Waals surface area contributed by atoms with E-state index in [1.165, 1.54) is 22.9 Å². The van der Waals surface area contributed by atoms with Crippen LogP contribution in [0.15, 0.2) is 53.5 Å². The third kappa shape index (κ3) is 3.40. The number of rotatable bonds is 2. The number of aromatic nitrogens is 3. The minimum absolute atomic E-state index is 0.122. The minimum atomic E-state index is -4.51. The topological polar surface area (TPSA) is 60.1 Å². The SMILES string of the molecule is Cc1cc(=O)c(C(=O)N2CCn3cccc3C2C)nn1-c1cccc(C(F)(F)F)c1. The lowest BCUT2D eigenvalue weighted by Crippen LogP contribution is -2.43. The van der Waals surface area contributed by atoms with Crippen molar-refractivity contribution in [1.29, 1.82) is 0 Å². The molecular formula is C21H19F3N4O2. The van der Waals surface area contributed by atoms with Gasteiger partial charge in [0.15, 0.2) is 5.69 Å². The van der Waals surface area contributed by atoms with Gasteiger partial charge in [-0.1, -0.05) is 6.07 Å². The van der Waals surface area contributed by atoms with E-state index < -0.39 is 23.1 Å². The second-order valence-electron chi connectivity index (χ2n) is 7.26. The van der Waals surface area contributed by atoms with E-state index in [0.29, 0.717) is 18.8 Å². The first kappa shape index (κ1) is 19.9. The molecule has 0 saturated heterocycles. The molecule has 6 nitrogen and oxygen atoms in total. The maximum absolute atomic E-state index is 13.1. The van der Waals surface area contributed by atoms with Crippen molar-refractivity contribution in [1.82, 2.24) is 19.2 Å². The molecule has 30 heavy (non-hydrogen) atoms. The number of fused-ring (bicyclic) bond motifs is 1. The van der Waals surface area contributed by atoms with E-state index in [0.717, 1.165) is 17.8 Å². The normalized spacial score (nSPS) is 16.4. The molecule has 1 aromatic carbocycles. The molecule has 1 aliphatic rings. The number of carbonyl (C=O) groups excluding carboxylic acids is 1. The average molecular weight is 416 g/mol. The Morgan fingerprint density at radius 2 is 1.90 bits per heavy atom. The zero-order chi connectivity index (χ0) is 21.6. The van der Waals surface area contributed by atoms with Crippen molar-refractivity contribution in [3.05, 3.63) is 81.5 Å². The molecule has 0 saturated carbocycles. The van der Waals surface area contributed by atoms with Gasteiger partial charge in [-0.25, -0.2) is 4.68 Å². The third-order valence-corrected chi connectivity index (χ3v) is 5.33. The van der Waals surface area contributed by atoms with Crippen LogP contribution in [-0.4, -0.2) is 31.7 Å².